The number of rotatable bonds is 8. The van der Waals surface area contributed by atoms with Crippen LogP contribution in [0.25, 0.3) is 0 Å². The third-order valence-electron chi connectivity index (χ3n) is 7.24. The number of hydrogen-bond donors (Lipinski definition) is 1. The van der Waals surface area contributed by atoms with Crippen molar-refractivity contribution in [2.24, 2.45) is 5.92 Å². The molecule has 0 unspecified atom stereocenters. The number of aryl methyl sites for hydroxylation is 2. The Kier molecular flexibility index (Phi) is 8.46. The van der Waals surface area contributed by atoms with E-state index in [0.29, 0.717) is 23.1 Å². The SMILES string of the molecule is Cc1cc(CC(=O)NC2CCC(CCN3CCc4ccc(CCC(F)(F)F)nc4CC3)CC2)no1. The Hall–Kier alpha value is -2.42. The molecule has 1 aliphatic carbocycles. The zero-order valence-electron chi connectivity index (χ0n) is 20.4. The van der Waals surface area contributed by atoms with Crippen LogP contribution >= 0.6 is 0 Å². The predicted molar refractivity (Wildman–Crippen MR) is 126 cm³/mol. The van der Waals surface area contributed by atoms with Crippen molar-refractivity contribution in [2.75, 3.05) is 19.6 Å². The van der Waals surface area contributed by atoms with Gasteiger partial charge in [-0.3, -0.25) is 9.78 Å². The fourth-order valence-corrected chi connectivity index (χ4v) is 5.21. The van der Waals surface area contributed by atoms with Gasteiger partial charge in [0.05, 0.1) is 12.1 Å². The second-order valence-corrected chi connectivity index (χ2v) is 10.0. The molecule has 192 valence electrons. The summed E-state index contributed by atoms with van der Waals surface area (Å²) in [6.45, 7) is 4.71. The van der Waals surface area contributed by atoms with E-state index in [0.717, 1.165) is 70.3 Å². The van der Waals surface area contributed by atoms with E-state index in [4.69, 9.17) is 4.52 Å². The van der Waals surface area contributed by atoms with Crippen LogP contribution in [0.2, 0.25) is 0 Å². The largest absolute Gasteiger partial charge is 0.389 e. The highest BCUT2D eigenvalue weighted by Crippen LogP contribution is 2.28. The Morgan fingerprint density at radius 3 is 2.63 bits per heavy atom. The highest BCUT2D eigenvalue weighted by atomic mass is 19.4. The number of nitrogens with zero attached hydrogens (tertiary/aromatic N) is 3. The third-order valence-corrected chi connectivity index (χ3v) is 7.24. The van der Waals surface area contributed by atoms with Crippen LogP contribution in [0.5, 0.6) is 0 Å². The Balaban J connectivity index is 1.16. The molecular formula is C26H35F3N4O2. The van der Waals surface area contributed by atoms with E-state index in [9.17, 15) is 18.0 Å². The number of fused-ring (bicyclic) bond motifs is 1. The first-order valence-corrected chi connectivity index (χ1v) is 12.7. The van der Waals surface area contributed by atoms with Crippen molar-refractivity contribution in [1.29, 1.82) is 0 Å². The number of amides is 1. The molecule has 1 aliphatic heterocycles. The molecule has 0 bridgehead atoms. The lowest BCUT2D eigenvalue weighted by Gasteiger charge is -2.30. The molecule has 1 fully saturated rings. The third kappa shape index (κ3) is 8.05. The first-order valence-electron chi connectivity index (χ1n) is 12.7. The van der Waals surface area contributed by atoms with Gasteiger partial charge in [-0.25, -0.2) is 0 Å². The maximum absolute atomic E-state index is 12.5. The maximum atomic E-state index is 12.5. The molecule has 9 heteroatoms. The first-order chi connectivity index (χ1) is 16.7. The summed E-state index contributed by atoms with van der Waals surface area (Å²) >= 11 is 0. The summed E-state index contributed by atoms with van der Waals surface area (Å²) in [6, 6.07) is 5.75. The average Bonchev–Trinajstić information content (AvgIpc) is 3.10. The molecule has 0 radical (unpaired) electrons. The van der Waals surface area contributed by atoms with Crippen LogP contribution in [0.15, 0.2) is 22.7 Å². The van der Waals surface area contributed by atoms with Crippen molar-refractivity contribution >= 4 is 5.91 Å². The van der Waals surface area contributed by atoms with Gasteiger partial charge >= 0.3 is 6.18 Å². The van der Waals surface area contributed by atoms with E-state index in [1.165, 1.54) is 5.56 Å². The van der Waals surface area contributed by atoms with Crippen LogP contribution in [0, 0.1) is 12.8 Å². The molecule has 1 N–H and O–H groups in total. The summed E-state index contributed by atoms with van der Waals surface area (Å²) in [5.74, 6) is 1.38. The van der Waals surface area contributed by atoms with E-state index >= 15 is 0 Å². The maximum Gasteiger partial charge on any atom is 0.389 e. The van der Waals surface area contributed by atoms with Gasteiger partial charge in [-0.1, -0.05) is 11.2 Å². The number of halogens is 3. The van der Waals surface area contributed by atoms with Crippen molar-refractivity contribution in [3.63, 3.8) is 0 Å². The van der Waals surface area contributed by atoms with E-state index in [1.54, 1.807) is 12.1 Å². The van der Waals surface area contributed by atoms with Gasteiger partial charge in [0.15, 0.2) is 0 Å². The molecule has 2 aromatic rings. The summed E-state index contributed by atoms with van der Waals surface area (Å²) < 4.78 is 42.6. The number of hydrogen-bond acceptors (Lipinski definition) is 5. The van der Waals surface area contributed by atoms with Gasteiger partial charge < -0.3 is 14.7 Å². The highest BCUT2D eigenvalue weighted by molar-refractivity contribution is 5.78. The summed E-state index contributed by atoms with van der Waals surface area (Å²) in [5, 5.41) is 7.03. The molecule has 1 amide bonds. The Morgan fingerprint density at radius 1 is 1.14 bits per heavy atom. The van der Waals surface area contributed by atoms with Crippen molar-refractivity contribution in [3.05, 3.63) is 46.6 Å². The lowest BCUT2D eigenvalue weighted by molar-refractivity contribution is -0.134. The van der Waals surface area contributed by atoms with Crippen LogP contribution in [0.3, 0.4) is 0 Å². The van der Waals surface area contributed by atoms with Crippen molar-refractivity contribution in [1.82, 2.24) is 20.4 Å². The summed E-state index contributed by atoms with van der Waals surface area (Å²) in [6.07, 6.45) is 2.30. The molecule has 0 saturated heterocycles. The summed E-state index contributed by atoms with van der Waals surface area (Å²) in [7, 11) is 0. The molecule has 2 aromatic heterocycles. The van der Waals surface area contributed by atoms with E-state index in [1.807, 2.05) is 13.0 Å². The molecule has 4 rings (SSSR count). The van der Waals surface area contributed by atoms with Gasteiger partial charge in [0.1, 0.15) is 5.76 Å². The molecule has 6 nitrogen and oxygen atoms in total. The van der Waals surface area contributed by atoms with Gasteiger partial charge in [-0.05, 0) is 76.0 Å². The van der Waals surface area contributed by atoms with E-state index in [-0.39, 0.29) is 24.8 Å². The number of carbonyl (C=O) groups excluding carboxylic acids is 1. The van der Waals surface area contributed by atoms with Gasteiger partial charge in [-0.2, -0.15) is 13.2 Å². The van der Waals surface area contributed by atoms with Crippen LogP contribution < -0.4 is 5.32 Å². The normalized spacial score (nSPS) is 21.4. The zero-order chi connectivity index (χ0) is 24.8. The second kappa shape index (κ2) is 11.5. The monoisotopic (exact) mass is 492 g/mol. The van der Waals surface area contributed by atoms with Gasteiger partial charge in [-0.15, -0.1) is 0 Å². The summed E-state index contributed by atoms with van der Waals surface area (Å²) in [5.41, 5.74) is 3.33. The Morgan fingerprint density at radius 2 is 1.91 bits per heavy atom. The number of aromatic nitrogens is 2. The number of alkyl halides is 3. The van der Waals surface area contributed by atoms with E-state index < -0.39 is 12.6 Å². The minimum absolute atomic E-state index is 0.000978. The quantitative estimate of drug-likeness (QED) is 0.584. The topological polar surface area (TPSA) is 71.3 Å². The highest BCUT2D eigenvalue weighted by Gasteiger charge is 2.27. The molecule has 0 aromatic carbocycles. The molecular weight excluding hydrogens is 457 g/mol. The number of carbonyl (C=O) groups is 1. The van der Waals surface area contributed by atoms with Gasteiger partial charge in [0, 0.05) is 49.4 Å². The lowest BCUT2D eigenvalue weighted by atomic mass is 9.84. The van der Waals surface area contributed by atoms with Crippen molar-refractivity contribution in [2.45, 2.75) is 83.4 Å². The standard InChI is InChI=1S/C26H35F3N4O2/c1-18-16-23(32-35-18)17-25(34)31-21-5-2-19(3-6-21)9-13-33-14-10-20-4-7-22(8-12-26(27,28)29)30-24(20)11-15-33/h4,7,16,19,21H,2-3,5-6,8-15,17H2,1H3,(H,31,34). The van der Waals surface area contributed by atoms with Crippen molar-refractivity contribution in [3.8, 4) is 0 Å². The van der Waals surface area contributed by atoms with Crippen molar-refractivity contribution < 1.29 is 22.5 Å². The fraction of sp³-hybridized carbons (Fsp3) is 0.654. The van der Waals surface area contributed by atoms with Gasteiger partial charge in [0.25, 0.3) is 0 Å². The summed E-state index contributed by atoms with van der Waals surface area (Å²) in [4.78, 5) is 19.3. The first kappa shape index (κ1) is 25.7. The van der Waals surface area contributed by atoms with Crippen LogP contribution in [0.4, 0.5) is 13.2 Å². The average molecular weight is 493 g/mol. The molecule has 3 heterocycles. The Bertz CT molecular complexity index is 983. The Labute approximate surface area is 204 Å². The number of pyridine rings is 1. The zero-order valence-corrected chi connectivity index (χ0v) is 20.4. The lowest BCUT2D eigenvalue weighted by Crippen LogP contribution is -2.39. The molecule has 0 spiro atoms. The second-order valence-electron chi connectivity index (χ2n) is 10.0. The minimum Gasteiger partial charge on any atom is -0.361 e. The van der Waals surface area contributed by atoms with Crippen LogP contribution in [-0.2, 0) is 30.5 Å². The number of nitrogens with one attached hydrogen (secondary N) is 1. The minimum atomic E-state index is -4.15. The molecule has 2 aliphatic rings. The predicted octanol–water partition coefficient (Wildman–Crippen LogP) is 4.58. The van der Waals surface area contributed by atoms with Crippen LogP contribution in [0.1, 0.15) is 66.9 Å². The molecule has 35 heavy (non-hydrogen) atoms. The van der Waals surface area contributed by atoms with Gasteiger partial charge in [0.2, 0.25) is 5.91 Å². The fourth-order valence-electron chi connectivity index (χ4n) is 5.21. The van der Waals surface area contributed by atoms with E-state index in [2.05, 4.69) is 20.4 Å². The van der Waals surface area contributed by atoms with Crippen LogP contribution in [-0.4, -0.2) is 52.8 Å². The molecule has 0 atom stereocenters. The smallest absolute Gasteiger partial charge is 0.361 e. The molecule has 1 saturated carbocycles.